The van der Waals surface area contributed by atoms with Crippen molar-refractivity contribution in [2.75, 3.05) is 0 Å². The predicted molar refractivity (Wildman–Crippen MR) is 76.6 cm³/mol. The van der Waals surface area contributed by atoms with Crippen molar-refractivity contribution in [2.24, 2.45) is 7.05 Å². The molecule has 1 aromatic carbocycles. The Hall–Kier alpha value is -2.30. The number of nitrogens with one attached hydrogen (secondary N) is 1. The molecule has 2 aromatic rings. The van der Waals surface area contributed by atoms with Gasteiger partial charge in [0.25, 0.3) is 5.91 Å². The molecule has 106 valence electrons. The Bertz CT molecular complexity index is 632. The average Bonchev–Trinajstić information content (AvgIpc) is 2.79. The Kier molecular flexibility index (Phi) is 4.08. The second kappa shape index (κ2) is 5.77. The van der Waals surface area contributed by atoms with E-state index in [4.69, 9.17) is 0 Å². The maximum atomic E-state index is 12.1. The maximum Gasteiger partial charge on any atom is 0.251 e. The third-order valence-electron chi connectivity index (χ3n) is 3.23. The van der Waals surface area contributed by atoms with Crippen LogP contribution in [-0.2, 0) is 20.0 Å². The van der Waals surface area contributed by atoms with Crippen LogP contribution in [-0.4, -0.2) is 20.8 Å². The average molecular weight is 273 g/mol. The third-order valence-corrected chi connectivity index (χ3v) is 3.23. The summed E-state index contributed by atoms with van der Waals surface area (Å²) in [5.41, 5.74) is 3.25. The van der Waals surface area contributed by atoms with E-state index in [1.165, 1.54) is 6.07 Å². The quantitative estimate of drug-likeness (QED) is 0.894. The summed E-state index contributed by atoms with van der Waals surface area (Å²) in [6, 6.07) is 4.82. The molecule has 0 aliphatic carbocycles. The summed E-state index contributed by atoms with van der Waals surface area (Å²) in [4.78, 5) is 12.1. The number of carbonyl (C=O) groups is 1. The SMILES string of the molecule is CCc1nn(C)cc1CNC(=O)c1ccc(O)c(C)c1. The van der Waals surface area contributed by atoms with Gasteiger partial charge in [-0.2, -0.15) is 5.10 Å². The van der Waals surface area contributed by atoms with Gasteiger partial charge in [0.05, 0.1) is 5.69 Å². The molecule has 2 rings (SSSR count). The van der Waals surface area contributed by atoms with Crippen LogP contribution in [0.2, 0.25) is 0 Å². The lowest BCUT2D eigenvalue weighted by Crippen LogP contribution is -2.23. The van der Waals surface area contributed by atoms with E-state index in [1.54, 1.807) is 23.7 Å². The smallest absolute Gasteiger partial charge is 0.251 e. The van der Waals surface area contributed by atoms with Crippen LogP contribution in [0.1, 0.15) is 34.1 Å². The minimum absolute atomic E-state index is 0.154. The topological polar surface area (TPSA) is 67.2 Å². The first-order valence-corrected chi connectivity index (χ1v) is 6.60. The first-order valence-electron chi connectivity index (χ1n) is 6.60. The molecule has 0 radical (unpaired) electrons. The van der Waals surface area contributed by atoms with E-state index in [0.29, 0.717) is 17.7 Å². The fourth-order valence-corrected chi connectivity index (χ4v) is 2.10. The Labute approximate surface area is 118 Å². The molecule has 0 bridgehead atoms. The van der Waals surface area contributed by atoms with Gasteiger partial charge in [-0.15, -0.1) is 0 Å². The minimum Gasteiger partial charge on any atom is -0.508 e. The monoisotopic (exact) mass is 273 g/mol. The number of carbonyl (C=O) groups excluding carboxylic acids is 1. The van der Waals surface area contributed by atoms with Gasteiger partial charge < -0.3 is 10.4 Å². The second-order valence-electron chi connectivity index (χ2n) is 4.81. The molecule has 0 spiro atoms. The highest BCUT2D eigenvalue weighted by Gasteiger charge is 2.10. The van der Waals surface area contributed by atoms with Crippen molar-refractivity contribution in [1.82, 2.24) is 15.1 Å². The number of aryl methyl sites for hydroxylation is 3. The molecular weight excluding hydrogens is 254 g/mol. The summed E-state index contributed by atoms with van der Waals surface area (Å²) < 4.78 is 1.75. The summed E-state index contributed by atoms with van der Waals surface area (Å²) in [5.74, 6) is 0.0427. The van der Waals surface area contributed by atoms with E-state index >= 15 is 0 Å². The van der Waals surface area contributed by atoms with E-state index in [2.05, 4.69) is 10.4 Å². The van der Waals surface area contributed by atoms with Crippen LogP contribution in [0.4, 0.5) is 0 Å². The van der Waals surface area contributed by atoms with Crippen LogP contribution < -0.4 is 5.32 Å². The number of hydrogen-bond donors (Lipinski definition) is 2. The molecule has 0 fully saturated rings. The number of nitrogens with zero attached hydrogens (tertiary/aromatic N) is 2. The van der Waals surface area contributed by atoms with Gasteiger partial charge in [-0.25, -0.2) is 0 Å². The molecule has 0 saturated heterocycles. The Morgan fingerprint density at radius 1 is 1.45 bits per heavy atom. The predicted octanol–water partition coefficient (Wildman–Crippen LogP) is 1.93. The molecular formula is C15H19N3O2. The molecule has 0 aliphatic rings. The Morgan fingerprint density at radius 3 is 2.85 bits per heavy atom. The van der Waals surface area contributed by atoms with Gasteiger partial charge in [-0.1, -0.05) is 6.92 Å². The van der Waals surface area contributed by atoms with Crippen molar-refractivity contribution in [2.45, 2.75) is 26.8 Å². The van der Waals surface area contributed by atoms with Crippen LogP contribution in [0.5, 0.6) is 5.75 Å². The third kappa shape index (κ3) is 2.99. The normalized spacial score (nSPS) is 10.6. The number of amides is 1. The van der Waals surface area contributed by atoms with E-state index in [-0.39, 0.29) is 11.7 Å². The van der Waals surface area contributed by atoms with Crippen LogP contribution in [0.25, 0.3) is 0 Å². The molecule has 0 saturated carbocycles. The van der Waals surface area contributed by atoms with E-state index in [1.807, 2.05) is 20.2 Å². The van der Waals surface area contributed by atoms with Gasteiger partial charge in [-0.3, -0.25) is 9.48 Å². The fourth-order valence-electron chi connectivity index (χ4n) is 2.10. The summed E-state index contributed by atoms with van der Waals surface area (Å²) in [6.45, 7) is 4.26. The van der Waals surface area contributed by atoms with Gasteiger partial charge >= 0.3 is 0 Å². The van der Waals surface area contributed by atoms with Crippen molar-refractivity contribution in [3.63, 3.8) is 0 Å². The highest BCUT2D eigenvalue weighted by Crippen LogP contribution is 2.17. The zero-order chi connectivity index (χ0) is 14.7. The summed E-state index contributed by atoms with van der Waals surface area (Å²) in [7, 11) is 1.87. The fraction of sp³-hybridized carbons (Fsp3) is 0.333. The van der Waals surface area contributed by atoms with E-state index < -0.39 is 0 Å². The largest absolute Gasteiger partial charge is 0.508 e. The van der Waals surface area contributed by atoms with Crippen LogP contribution in [0, 0.1) is 6.92 Å². The van der Waals surface area contributed by atoms with Gasteiger partial charge in [-0.05, 0) is 37.1 Å². The number of phenols is 1. The van der Waals surface area contributed by atoms with Gasteiger partial charge in [0.15, 0.2) is 0 Å². The number of rotatable bonds is 4. The van der Waals surface area contributed by atoms with Crippen LogP contribution >= 0.6 is 0 Å². The molecule has 1 amide bonds. The number of phenolic OH excluding ortho intramolecular Hbond substituents is 1. The molecule has 0 atom stereocenters. The van der Waals surface area contributed by atoms with Crippen molar-refractivity contribution < 1.29 is 9.90 Å². The first kappa shape index (κ1) is 14.1. The lowest BCUT2D eigenvalue weighted by molar-refractivity contribution is 0.0950. The highest BCUT2D eigenvalue weighted by atomic mass is 16.3. The van der Waals surface area contributed by atoms with Crippen LogP contribution in [0.15, 0.2) is 24.4 Å². The standard InChI is InChI=1S/C15H19N3O2/c1-4-13-12(9-18(3)17-13)8-16-15(20)11-5-6-14(19)10(2)7-11/h5-7,9,19H,4,8H2,1-3H3,(H,16,20). The molecule has 1 aromatic heterocycles. The summed E-state index contributed by atoms with van der Waals surface area (Å²) in [5, 5.41) is 16.7. The number of aromatic nitrogens is 2. The maximum absolute atomic E-state index is 12.1. The molecule has 5 heteroatoms. The van der Waals surface area contributed by atoms with E-state index in [0.717, 1.165) is 17.7 Å². The van der Waals surface area contributed by atoms with E-state index in [9.17, 15) is 9.90 Å². The second-order valence-corrected chi connectivity index (χ2v) is 4.81. The molecule has 1 heterocycles. The summed E-state index contributed by atoms with van der Waals surface area (Å²) in [6.07, 6.45) is 2.76. The lowest BCUT2D eigenvalue weighted by atomic mass is 10.1. The van der Waals surface area contributed by atoms with Gasteiger partial charge in [0.2, 0.25) is 0 Å². The number of aromatic hydroxyl groups is 1. The van der Waals surface area contributed by atoms with Gasteiger partial charge in [0, 0.05) is 30.9 Å². The zero-order valence-corrected chi connectivity index (χ0v) is 12.0. The zero-order valence-electron chi connectivity index (χ0n) is 12.0. The minimum atomic E-state index is -0.154. The van der Waals surface area contributed by atoms with Crippen molar-refractivity contribution in [1.29, 1.82) is 0 Å². The van der Waals surface area contributed by atoms with Crippen molar-refractivity contribution in [3.05, 3.63) is 46.8 Å². The molecule has 5 nitrogen and oxygen atoms in total. The van der Waals surface area contributed by atoms with Gasteiger partial charge in [0.1, 0.15) is 5.75 Å². The molecule has 0 aliphatic heterocycles. The van der Waals surface area contributed by atoms with Crippen molar-refractivity contribution in [3.8, 4) is 5.75 Å². The number of hydrogen-bond acceptors (Lipinski definition) is 3. The molecule has 0 unspecified atom stereocenters. The first-order chi connectivity index (χ1) is 9.51. The molecule has 20 heavy (non-hydrogen) atoms. The van der Waals surface area contributed by atoms with Crippen molar-refractivity contribution >= 4 is 5.91 Å². The number of benzene rings is 1. The van der Waals surface area contributed by atoms with Crippen LogP contribution in [0.3, 0.4) is 0 Å². The summed E-state index contributed by atoms with van der Waals surface area (Å²) >= 11 is 0. The lowest BCUT2D eigenvalue weighted by Gasteiger charge is -2.06. The molecule has 2 N–H and O–H groups in total. The Morgan fingerprint density at radius 2 is 2.20 bits per heavy atom. The Balaban J connectivity index is 2.06. The highest BCUT2D eigenvalue weighted by molar-refractivity contribution is 5.94.